The standard InChI is InChI=1S/C13H19N5O4/c1-2-14-12(21)17-7-5-16(6-8-17)11(20)9-18-4-3-10(19)15-13(18)22/h3-4H,2,5-9H2,1H3,(H,14,21)(H,15,19,22). The van der Waals surface area contributed by atoms with E-state index >= 15 is 0 Å². The highest BCUT2D eigenvalue weighted by Gasteiger charge is 2.23. The molecule has 1 saturated heterocycles. The molecule has 9 nitrogen and oxygen atoms in total. The van der Waals surface area contributed by atoms with Crippen molar-refractivity contribution >= 4 is 11.9 Å². The molecule has 0 unspecified atom stereocenters. The Balaban J connectivity index is 1.91. The minimum Gasteiger partial charge on any atom is -0.338 e. The fourth-order valence-corrected chi connectivity index (χ4v) is 2.24. The Kier molecular flexibility index (Phi) is 4.97. The van der Waals surface area contributed by atoms with Gasteiger partial charge in [0.2, 0.25) is 5.91 Å². The Labute approximate surface area is 126 Å². The third kappa shape index (κ3) is 3.74. The molecule has 1 aromatic rings. The Morgan fingerprint density at radius 2 is 1.82 bits per heavy atom. The highest BCUT2D eigenvalue weighted by atomic mass is 16.2. The van der Waals surface area contributed by atoms with Crippen molar-refractivity contribution < 1.29 is 9.59 Å². The van der Waals surface area contributed by atoms with Crippen LogP contribution in [0.3, 0.4) is 0 Å². The average molecular weight is 309 g/mol. The van der Waals surface area contributed by atoms with Crippen molar-refractivity contribution in [1.29, 1.82) is 0 Å². The number of H-pyrrole nitrogens is 1. The first-order valence-corrected chi connectivity index (χ1v) is 7.11. The monoisotopic (exact) mass is 309 g/mol. The number of piperazine rings is 1. The zero-order valence-electron chi connectivity index (χ0n) is 12.4. The fraction of sp³-hybridized carbons (Fsp3) is 0.538. The van der Waals surface area contributed by atoms with E-state index in [1.54, 1.807) is 9.80 Å². The number of urea groups is 1. The first-order valence-electron chi connectivity index (χ1n) is 7.11. The Hall–Kier alpha value is -2.58. The fourth-order valence-electron chi connectivity index (χ4n) is 2.24. The maximum absolute atomic E-state index is 12.2. The van der Waals surface area contributed by atoms with Crippen molar-refractivity contribution in [2.24, 2.45) is 0 Å². The number of amides is 3. The summed E-state index contributed by atoms with van der Waals surface area (Å²) in [6.07, 6.45) is 1.30. The Morgan fingerprint density at radius 1 is 1.18 bits per heavy atom. The molecule has 0 bridgehead atoms. The van der Waals surface area contributed by atoms with E-state index in [4.69, 9.17) is 0 Å². The molecule has 0 saturated carbocycles. The van der Waals surface area contributed by atoms with Gasteiger partial charge in [-0.15, -0.1) is 0 Å². The molecule has 1 aliphatic heterocycles. The minimum atomic E-state index is -0.609. The molecule has 0 aromatic carbocycles. The van der Waals surface area contributed by atoms with Crippen LogP contribution in [-0.4, -0.2) is 64.0 Å². The molecular weight excluding hydrogens is 290 g/mol. The summed E-state index contributed by atoms with van der Waals surface area (Å²) >= 11 is 0. The van der Waals surface area contributed by atoms with Gasteiger partial charge in [0.25, 0.3) is 5.56 Å². The van der Waals surface area contributed by atoms with E-state index in [-0.39, 0.29) is 18.5 Å². The maximum Gasteiger partial charge on any atom is 0.328 e. The molecule has 2 rings (SSSR count). The molecule has 0 atom stereocenters. The summed E-state index contributed by atoms with van der Waals surface area (Å²) in [5, 5.41) is 2.72. The first-order chi connectivity index (χ1) is 10.5. The molecule has 22 heavy (non-hydrogen) atoms. The van der Waals surface area contributed by atoms with Gasteiger partial charge in [-0.1, -0.05) is 0 Å². The molecular formula is C13H19N5O4. The second kappa shape index (κ2) is 6.92. The predicted octanol–water partition coefficient (Wildman–Crippen LogP) is -1.59. The third-order valence-electron chi connectivity index (χ3n) is 3.45. The number of carbonyl (C=O) groups is 2. The van der Waals surface area contributed by atoms with Gasteiger partial charge in [0.15, 0.2) is 0 Å². The number of rotatable bonds is 3. The molecule has 9 heteroatoms. The lowest BCUT2D eigenvalue weighted by Crippen LogP contribution is -2.54. The zero-order valence-corrected chi connectivity index (χ0v) is 12.4. The van der Waals surface area contributed by atoms with Gasteiger partial charge in [0.05, 0.1) is 0 Å². The van der Waals surface area contributed by atoms with Crippen LogP contribution in [0.2, 0.25) is 0 Å². The van der Waals surface area contributed by atoms with Gasteiger partial charge < -0.3 is 15.1 Å². The SMILES string of the molecule is CCNC(=O)N1CCN(C(=O)Cn2ccc(=O)[nH]c2=O)CC1. The van der Waals surface area contributed by atoms with Gasteiger partial charge in [0, 0.05) is 45.0 Å². The topological polar surface area (TPSA) is 108 Å². The number of carbonyl (C=O) groups excluding carboxylic acids is 2. The van der Waals surface area contributed by atoms with E-state index in [1.807, 2.05) is 6.92 Å². The number of nitrogens with zero attached hydrogens (tertiary/aromatic N) is 3. The molecule has 2 N–H and O–H groups in total. The molecule has 1 aromatic heterocycles. The van der Waals surface area contributed by atoms with E-state index in [0.717, 1.165) is 4.57 Å². The van der Waals surface area contributed by atoms with E-state index in [2.05, 4.69) is 10.3 Å². The smallest absolute Gasteiger partial charge is 0.328 e. The third-order valence-corrected chi connectivity index (χ3v) is 3.45. The minimum absolute atomic E-state index is 0.128. The highest BCUT2D eigenvalue weighted by molar-refractivity contribution is 5.77. The number of nitrogens with one attached hydrogen (secondary N) is 2. The first kappa shape index (κ1) is 15.8. The molecule has 1 fully saturated rings. The average Bonchev–Trinajstić information content (AvgIpc) is 2.50. The summed E-state index contributed by atoms with van der Waals surface area (Å²) < 4.78 is 1.15. The van der Waals surface area contributed by atoms with Crippen molar-refractivity contribution in [1.82, 2.24) is 24.7 Å². The van der Waals surface area contributed by atoms with Crippen LogP contribution in [0.15, 0.2) is 21.9 Å². The highest BCUT2D eigenvalue weighted by Crippen LogP contribution is 2.03. The van der Waals surface area contributed by atoms with Crippen LogP contribution in [0.1, 0.15) is 6.92 Å². The summed E-state index contributed by atoms with van der Waals surface area (Å²) in [4.78, 5) is 51.7. The van der Waals surface area contributed by atoms with Gasteiger partial charge in [-0.3, -0.25) is 19.1 Å². The van der Waals surface area contributed by atoms with Gasteiger partial charge in [0.1, 0.15) is 6.54 Å². The Morgan fingerprint density at radius 3 is 2.41 bits per heavy atom. The van der Waals surface area contributed by atoms with Crippen LogP contribution in [-0.2, 0) is 11.3 Å². The number of aromatic nitrogens is 2. The Bertz CT molecular complexity index is 657. The maximum atomic E-state index is 12.2. The molecule has 0 spiro atoms. The van der Waals surface area contributed by atoms with Gasteiger partial charge >= 0.3 is 11.7 Å². The number of hydrogen-bond donors (Lipinski definition) is 2. The van der Waals surface area contributed by atoms with E-state index in [0.29, 0.717) is 32.7 Å². The van der Waals surface area contributed by atoms with E-state index in [1.165, 1.54) is 12.3 Å². The van der Waals surface area contributed by atoms with E-state index < -0.39 is 11.2 Å². The van der Waals surface area contributed by atoms with Crippen LogP contribution < -0.4 is 16.6 Å². The van der Waals surface area contributed by atoms with Crippen LogP contribution in [0, 0.1) is 0 Å². The van der Waals surface area contributed by atoms with Crippen molar-refractivity contribution in [2.75, 3.05) is 32.7 Å². The summed E-state index contributed by atoms with van der Waals surface area (Å²) in [7, 11) is 0. The van der Waals surface area contributed by atoms with Gasteiger partial charge in [-0.2, -0.15) is 0 Å². The summed E-state index contributed by atoms with van der Waals surface area (Å²) in [5.41, 5.74) is -1.11. The lowest BCUT2D eigenvalue weighted by molar-refractivity contribution is -0.133. The second-order valence-electron chi connectivity index (χ2n) is 4.94. The quantitative estimate of drug-likeness (QED) is 0.702. The lowest BCUT2D eigenvalue weighted by Gasteiger charge is -2.34. The van der Waals surface area contributed by atoms with Crippen LogP contribution >= 0.6 is 0 Å². The van der Waals surface area contributed by atoms with Gasteiger partial charge in [-0.25, -0.2) is 9.59 Å². The lowest BCUT2D eigenvalue weighted by atomic mass is 10.3. The van der Waals surface area contributed by atoms with Crippen LogP contribution in [0.4, 0.5) is 4.79 Å². The molecule has 0 aliphatic carbocycles. The van der Waals surface area contributed by atoms with Crippen molar-refractivity contribution in [2.45, 2.75) is 13.5 Å². The molecule has 2 heterocycles. The van der Waals surface area contributed by atoms with Crippen LogP contribution in [0.5, 0.6) is 0 Å². The largest absolute Gasteiger partial charge is 0.338 e. The molecule has 1 aliphatic rings. The molecule has 120 valence electrons. The number of aromatic amines is 1. The zero-order chi connectivity index (χ0) is 16.1. The summed E-state index contributed by atoms with van der Waals surface area (Å²) in [6.45, 7) is 4.04. The van der Waals surface area contributed by atoms with Crippen molar-refractivity contribution in [3.05, 3.63) is 33.1 Å². The van der Waals surface area contributed by atoms with Gasteiger partial charge in [-0.05, 0) is 6.92 Å². The van der Waals surface area contributed by atoms with Crippen LogP contribution in [0.25, 0.3) is 0 Å². The second-order valence-corrected chi connectivity index (χ2v) is 4.94. The van der Waals surface area contributed by atoms with Crippen molar-refractivity contribution in [3.8, 4) is 0 Å². The molecule has 3 amide bonds. The van der Waals surface area contributed by atoms with Crippen molar-refractivity contribution in [3.63, 3.8) is 0 Å². The summed E-state index contributed by atoms with van der Waals surface area (Å²) in [5.74, 6) is -0.218. The molecule has 0 radical (unpaired) electrons. The number of hydrogen-bond acceptors (Lipinski definition) is 4. The van der Waals surface area contributed by atoms with E-state index in [9.17, 15) is 19.2 Å². The summed E-state index contributed by atoms with van der Waals surface area (Å²) in [6, 6.07) is 1.06. The predicted molar refractivity (Wildman–Crippen MR) is 78.5 cm³/mol. The normalized spacial score (nSPS) is 14.8.